The topological polar surface area (TPSA) is 97.3 Å². The van der Waals surface area contributed by atoms with Gasteiger partial charge in [0.15, 0.2) is 6.10 Å². The standard InChI is InChI=1S/C23H28N2O6/c1-15(31-18-9-7-17(26)8-10-18)23(28)25-13-11-16(12-14-25)24-22(27)21-19(29-2)5-4-6-20(21)30-3/h4-10,15-16,26H,11-14H2,1-3H3,(H,24,27). The van der Waals surface area contributed by atoms with Crippen LogP contribution in [-0.4, -0.2) is 61.3 Å². The first-order chi connectivity index (χ1) is 14.9. The zero-order chi connectivity index (χ0) is 22.4. The van der Waals surface area contributed by atoms with Crippen molar-refractivity contribution in [3.63, 3.8) is 0 Å². The summed E-state index contributed by atoms with van der Waals surface area (Å²) in [6.07, 6.45) is 0.635. The third-order valence-corrected chi connectivity index (χ3v) is 5.29. The Morgan fingerprint density at radius 2 is 1.61 bits per heavy atom. The van der Waals surface area contributed by atoms with E-state index in [-0.39, 0.29) is 23.6 Å². The Kier molecular flexibility index (Phi) is 7.23. The molecule has 166 valence electrons. The molecule has 2 N–H and O–H groups in total. The van der Waals surface area contributed by atoms with Crippen LogP contribution in [0.5, 0.6) is 23.0 Å². The van der Waals surface area contributed by atoms with E-state index in [0.29, 0.717) is 48.7 Å². The fraction of sp³-hybridized carbons (Fsp3) is 0.391. The zero-order valence-corrected chi connectivity index (χ0v) is 18.0. The van der Waals surface area contributed by atoms with E-state index in [1.807, 2.05) is 0 Å². The number of hydrogen-bond acceptors (Lipinski definition) is 6. The molecule has 1 aliphatic heterocycles. The number of phenols is 1. The minimum atomic E-state index is -0.645. The van der Waals surface area contributed by atoms with Crippen molar-refractivity contribution in [3.8, 4) is 23.0 Å². The lowest BCUT2D eigenvalue weighted by molar-refractivity contribution is -0.139. The highest BCUT2D eigenvalue weighted by Gasteiger charge is 2.29. The second-order valence-electron chi connectivity index (χ2n) is 7.36. The summed E-state index contributed by atoms with van der Waals surface area (Å²) in [5.74, 6) is 1.19. The maximum absolute atomic E-state index is 12.8. The van der Waals surface area contributed by atoms with Crippen molar-refractivity contribution >= 4 is 11.8 Å². The van der Waals surface area contributed by atoms with Gasteiger partial charge in [-0.1, -0.05) is 6.07 Å². The van der Waals surface area contributed by atoms with Crippen LogP contribution in [0.1, 0.15) is 30.1 Å². The van der Waals surface area contributed by atoms with E-state index in [0.717, 1.165) is 0 Å². The average Bonchev–Trinajstić information content (AvgIpc) is 2.79. The van der Waals surface area contributed by atoms with Crippen molar-refractivity contribution in [2.24, 2.45) is 0 Å². The Labute approximate surface area is 181 Å². The first-order valence-corrected chi connectivity index (χ1v) is 10.2. The highest BCUT2D eigenvalue weighted by Crippen LogP contribution is 2.28. The van der Waals surface area contributed by atoms with Crippen molar-refractivity contribution < 1.29 is 28.9 Å². The second-order valence-corrected chi connectivity index (χ2v) is 7.36. The van der Waals surface area contributed by atoms with Gasteiger partial charge in [-0.15, -0.1) is 0 Å². The van der Waals surface area contributed by atoms with Crippen LogP contribution in [-0.2, 0) is 4.79 Å². The van der Waals surface area contributed by atoms with E-state index in [1.54, 1.807) is 42.2 Å². The van der Waals surface area contributed by atoms with E-state index >= 15 is 0 Å². The number of carbonyl (C=O) groups is 2. The van der Waals surface area contributed by atoms with Gasteiger partial charge >= 0.3 is 0 Å². The number of likely N-dealkylation sites (tertiary alicyclic amines) is 1. The average molecular weight is 428 g/mol. The van der Waals surface area contributed by atoms with Crippen LogP contribution in [0.25, 0.3) is 0 Å². The van der Waals surface area contributed by atoms with Crippen LogP contribution in [0, 0.1) is 0 Å². The van der Waals surface area contributed by atoms with Crippen LogP contribution in [0.15, 0.2) is 42.5 Å². The third kappa shape index (κ3) is 5.39. The van der Waals surface area contributed by atoms with E-state index < -0.39 is 6.10 Å². The normalized spacial score (nSPS) is 15.1. The van der Waals surface area contributed by atoms with Gasteiger partial charge in [0.25, 0.3) is 11.8 Å². The van der Waals surface area contributed by atoms with Crippen LogP contribution < -0.4 is 19.5 Å². The fourth-order valence-corrected chi connectivity index (χ4v) is 3.61. The number of hydrogen-bond donors (Lipinski definition) is 2. The van der Waals surface area contributed by atoms with Crippen molar-refractivity contribution in [2.75, 3.05) is 27.3 Å². The predicted octanol–water partition coefficient (Wildman–Crippen LogP) is 2.60. The Morgan fingerprint density at radius 1 is 1.03 bits per heavy atom. The van der Waals surface area contributed by atoms with E-state index in [2.05, 4.69) is 5.32 Å². The van der Waals surface area contributed by atoms with Gasteiger partial charge in [-0.05, 0) is 56.2 Å². The molecule has 2 aromatic rings. The summed E-state index contributed by atoms with van der Waals surface area (Å²) in [5, 5.41) is 12.4. The highest BCUT2D eigenvalue weighted by molar-refractivity contribution is 5.99. The van der Waals surface area contributed by atoms with Crippen LogP contribution in [0.3, 0.4) is 0 Å². The molecule has 1 unspecified atom stereocenters. The summed E-state index contributed by atoms with van der Waals surface area (Å²) in [6, 6.07) is 11.4. The molecule has 1 saturated heterocycles. The number of methoxy groups -OCH3 is 2. The van der Waals surface area contributed by atoms with E-state index in [4.69, 9.17) is 14.2 Å². The molecule has 8 nitrogen and oxygen atoms in total. The molecule has 0 aliphatic carbocycles. The van der Waals surface area contributed by atoms with Gasteiger partial charge in [0.2, 0.25) is 0 Å². The molecule has 1 heterocycles. The molecular weight excluding hydrogens is 400 g/mol. The van der Waals surface area contributed by atoms with Gasteiger partial charge in [-0.3, -0.25) is 9.59 Å². The number of phenolic OH excluding ortho intramolecular Hbond substituents is 1. The van der Waals surface area contributed by atoms with Crippen molar-refractivity contribution in [2.45, 2.75) is 31.9 Å². The number of piperidine rings is 1. The van der Waals surface area contributed by atoms with Crippen molar-refractivity contribution in [1.82, 2.24) is 10.2 Å². The summed E-state index contributed by atoms with van der Waals surface area (Å²) in [7, 11) is 3.02. The molecule has 1 fully saturated rings. The van der Waals surface area contributed by atoms with Crippen molar-refractivity contribution in [3.05, 3.63) is 48.0 Å². The molecule has 3 rings (SSSR count). The number of aromatic hydroxyl groups is 1. The molecule has 2 amide bonds. The lowest BCUT2D eigenvalue weighted by Gasteiger charge is -2.34. The minimum absolute atomic E-state index is 0.0560. The zero-order valence-electron chi connectivity index (χ0n) is 18.0. The number of ether oxygens (including phenoxy) is 3. The molecule has 0 spiro atoms. The lowest BCUT2D eigenvalue weighted by Crippen LogP contribution is -2.49. The number of amides is 2. The molecule has 0 bridgehead atoms. The van der Waals surface area contributed by atoms with Crippen molar-refractivity contribution in [1.29, 1.82) is 0 Å². The fourth-order valence-electron chi connectivity index (χ4n) is 3.61. The quantitative estimate of drug-likeness (QED) is 0.704. The molecule has 0 aromatic heterocycles. The molecular formula is C23H28N2O6. The highest BCUT2D eigenvalue weighted by atomic mass is 16.5. The molecule has 31 heavy (non-hydrogen) atoms. The Balaban J connectivity index is 1.54. The maximum Gasteiger partial charge on any atom is 0.263 e. The molecule has 8 heteroatoms. The minimum Gasteiger partial charge on any atom is -0.508 e. The summed E-state index contributed by atoms with van der Waals surface area (Å²) in [5.41, 5.74) is 0.363. The monoisotopic (exact) mass is 428 g/mol. The third-order valence-electron chi connectivity index (χ3n) is 5.29. The summed E-state index contributed by atoms with van der Waals surface area (Å²) in [4.78, 5) is 27.3. The number of benzene rings is 2. The number of rotatable bonds is 7. The van der Waals surface area contributed by atoms with Gasteiger partial charge in [0.1, 0.15) is 28.6 Å². The SMILES string of the molecule is COc1cccc(OC)c1C(=O)NC1CCN(C(=O)C(C)Oc2ccc(O)cc2)CC1. The second kappa shape index (κ2) is 10.1. The Morgan fingerprint density at radius 3 is 2.16 bits per heavy atom. The molecule has 0 saturated carbocycles. The van der Waals surface area contributed by atoms with Gasteiger partial charge in [0, 0.05) is 19.1 Å². The first kappa shape index (κ1) is 22.3. The van der Waals surface area contributed by atoms with E-state index in [1.165, 1.54) is 26.4 Å². The van der Waals surface area contributed by atoms with Crippen LogP contribution >= 0.6 is 0 Å². The predicted molar refractivity (Wildman–Crippen MR) is 115 cm³/mol. The van der Waals surface area contributed by atoms with Gasteiger partial charge in [-0.2, -0.15) is 0 Å². The summed E-state index contributed by atoms with van der Waals surface area (Å²) >= 11 is 0. The Bertz CT molecular complexity index is 885. The lowest BCUT2D eigenvalue weighted by atomic mass is 10.0. The smallest absolute Gasteiger partial charge is 0.263 e. The first-order valence-electron chi connectivity index (χ1n) is 10.2. The van der Waals surface area contributed by atoms with Gasteiger partial charge in [-0.25, -0.2) is 0 Å². The molecule has 0 radical (unpaired) electrons. The van der Waals surface area contributed by atoms with E-state index in [9.17, 15) is 14.7 Å². The number of carbonyl (C=O) groups excluding carboxylic acids is 2. The molecule has 1 atom stereocenters. The number of nitrogens with zero attached hydrogens (tertiary/aromatic N) is 1. The number of nitrogens with one attached hydrogen (secondary N) is 1. The summed E-state index contributed by atoms with van der Waals surface area (Å²) in [6.45, 7) is 2.75. The maximum atomic E-state index is 12.8. The molecule has 2 aromatic carbocycles. The largest absolute Gasteiger partial charge is 0.508 e. The van der Waals surface area contributed by atoms with Crippen LogP contribution in [0.4, 0.5) is 0 Å². The van der Waals surface area contributed by atoms with Gasteiger partial charge < -0.3 is 29.5 Å². The Hall–Kier alpha value is -3.42. The van der Waals surface area contributed by atoms with Gasteiger partial charge in [0.05, 0.1) is 14.2 Å². The summed E-state index contributed by atoms with van der Waals surface area (Å²) < 4.78 is 16.3. The molecule has 1 aliphatic rings. The van der Waals surface area contributed by atoms with Crippen LogP contribution in [0.2, 0.25) is 0 Å².